The second-order valence-electron chi connectivity index (χ2n) is 13.9. The van der Waals surface area contributed by atoms with E-state index in [2.05, 4.69) is 27.7 Å². The molecule has 8 nitrogen and oxygen atoms in total. The lowest BCUT2D eigenvalue weighted by Gasteiger charge is -2.38. The Hall–Kier alpha value is -1.16. The topological polar surface area (TPSA) is 109 Å². The van der Waals surface area contributed by atoms with Gasteiger partial charge in [-0.2, -0.15) is 0 Å². The van der Waals surface area contributed by atoms with E-state index in [0.29, 0.717) is 31.1 Å². The fourth-order valence-corrected chi connectivity index (χ4v) is 15.2. The molecule has 10 heteroatoms. The van der Waals surface area contributed by atoms with Gasteiger partial charge in [-0.15, -0.1) is 0 Å². The van der Waals surface area contributed by atoms with Crippen LogP contribution in [0.25, 0.3) is 0 Å². The van der Waals surface area contributed by atoms with E-state index in [1.807, 2.05) is 0 Å². The first-order valence-corrected chi connectivity index (χ1v) is 16.9. The van der Waals surface area contributed by atoms with Crippen LogP contribution >= 0.6 is 0 Å². The van der Waals surface area contributed by atoms with Crippen molar-refractivity contribution in [3.8, 4) is 0 Å². The van der Waals surface area contributed by atoms with Crippen LogP contribution < -0.4 is 0 Å². The molecule has 6 aliphatic rings. The van der Waals surface area contributed by atoms with Crippen LogP contribution in [0.3, 0.4) is 0 Å². The summed E-state index contributed by atoms with van der Waals surface area (Å²) in [6, 6.07) is -0.695. The molecule has 6 rings (SSSR count). The third-order valence-electron chi connectivity index (χ3n) is 12.5. The predicted molar refractivity (Wildman–Crippen MR) is 134 cm³/mol. The second kappa shape index (κ2) is 7.07. The zero-order valence-electron chi connectivity index (χ0n) is 22.1. The highest BCUT2D eigenvalue weighted by Crippen LogP contribution is 2.71. The summed E-state index contributed by atoms with van der Waals surface area (Å²) in [4.78, 5) is 27.4. The molecule has 4 bridgehead atoms. The minimum absolute atomic E-state index is 0.00772. The third-order valence-corrected chi connectivity index (χ3v) is 16.4. The van der Waals surface area contributed by atoms with E-state index >= 15 is 0 Å². The molecule has 0 N–H and O–H groups in total. The van der Waals surface area contributed by atoms with Crippen LogP contribution in [0, 0.1) is 39.4 Å². The third kappa shape index (κ3) is 2.71. The average Bonchev–Trinajstić information content (AvgIpc) is 3.45. The van der Waals surface area contributed by atoms with Gasteiger partial charge in [0, 0.05) is 23.2 Å². The largest absolute Gasteiger partial charge is 0.274 e. The molecular formula is C26H40N2O6S2. The predicted octanol–water partition coefficient (Wildman–Crippen LogP) is 3.14. The Morgan fingerprint density at radius 3 is 1.69 bits per heavy atom. The van der Waals surface area contributed by atoms with Crippen LogP contribution in [0.2, 0.25) is 0 Å². The molecule has 6 fully saturated rings. The van der Waals surface area contributed by atoms with Gasteiger partial charge in [-0.25, -0.2) is 25.4 Å². The Labute approximate surface area is 215 Å². The number of fused-ring (bicyclic) bond motifs is 2. The van der Waals surface area contributed by atoms with Crippen LogP contribution in [0.1, 0.15) is 86.0 Å². The van der Waals surface area contributed by atoms with Gasteiger partial charge >= 0.3 is 0 Å². The number of carbonyl (C=O) groups excluding carboxylic acids is 2. The first-order chi connectivity index (χ1) is 16.6. The zero-order chi connectivity index (χ0) is 26.3. The second-order valence-corrected chi connectivity index (χ2v) is 17.6. The number of hydrogen-bond acceptors (Lipinski definition) is 6. The number of nitrogens with zero attached hydrogens (tertiary/aromatic N) is 2. The van der Waals surface area contributed by atoms with E-state index in [9.17, 15) is 26.4 Å². The van der Waals surface area contributed by atoms with Crippen LogP contribution in [0.5, 0.6) is 0 Å². The fraction of sp³-hybridized carbons (Fsp3) is 0.923. The van der Waals surface area contributed by atoms with Crippen LogP contribution in [-0.2, 0) is 29.6 Å². The lowest BCUT2D eigenvalue weighted by Crippen LogP contribution is -2.48. The van der Waals surface area contributed by atoms with Crippen molar-refractivity contribution in [3.05, 3.63) is 0 Å². The van der Waals surface area contributed by atoms with Crippen LogP contribution in [0.4, 0.5) is 0 Å². The molecule has 2 amide bonds. The van der Waals surface area contributed by atoms with Crippen molar-refractivity contribution in [2.45, 2.75) is 98.1 Å². The van der Waals surface area contributed by atoms with Crippen molar-refractivity contribution in [2.75, 3.05) is 11.5 Å². The Balaban J connectivity index is 1.27. The van der Waals surface area contributed by atoms with Gasteiger partial charge in [-0.05, 0) is 67.6 Å². The fourth-order valence-electron chi connectivity index (χ4n) is 10.1. The molecule has 4 saturated carbocycles. The summed E-state index contributed by atoms with van der Waals surface area (Å²) in [5, 5.41) is 0. The summed E-state index contributed by atoms with van der Waals surface area (Å²) in [6.45, 7) is 10.3. The molecule has 4 aliphatic carbocycles. The van der Waals surface area contributed by atoms with Gasteiger partial charge in [0.1, 0.15) is 0 Å². The Morgan fingerprint density at radius 1 is 0.806 bits per heavy atom. The highest BCUT2D eigenvalue weighted by molar-refractivity contribution is 7.90. The molecule has 202 valence electrons. The zero-order valence-corrected chi connectivity index (χ0v) is 23.8. The number of sulfonamides is 2. The lowest BCUT2D eigenvalue weighted by molar-refractivity contribution is -0.139. The molecule has 0 aromatic rings. The van der Waals surface area contributed by atoms with E-state index in [1.165, 1.54) is 0 Å². The molecule has 0 unspecified atom stereocenters. The minimum Gasteiger partial charge on any atom is -0.274 e. The standard InChI is InChI=1S/C26H40N2O6S2/c1-6-16(22(30)28-20-13-18-8-10-26(20,24(18,4)5)15-36(28,33)34)11-21(29)27-19-12-17-7-9-25(19,23(17,2)3)14-35(27,31)32/h16-20H,6-15H2,1-5H3/t16-,17-,18-,19-,20-,25-,26-/m1/s1. The van der Waals surface area contributed by atoms with E-state index < -0.39 is 48.6 Å². The minimum atomic E-state index is -3.79. The highest BCUT2D eigenvalue weighted by Gasteiger charge is 2.74. The Kier molecular flexibility index (Phi) is 4.94. The van der Waals surface area contributed by atoms with Crippen molar-refractivity contribution >= 4 is 31.9 Å². The summed E-state index contributed by atoms with van der Waals surface area (Å²) in [5.41, 5.74) is -1.14. The summed E-state index contributed by atoms with van der Waals surface area (Å²) in [6.07, 6.45) is 5.00. The molecule has 36 heavy (non-hydrogen) atoms. The van der Waals surface area contributed by atoms with Gasteiger partial charge in [0.05, 0.1) is 23.6 Å². The quantitative estimate of drug-likeness (QED) is 0.542. The van der Waals surface area contributed by atoms with E-state index in [1.54, 1.807) is 6.92 Å². The number of carbonyl (C=O) groups is 2. The number of amides is 2. The molecule has 0 aromatic heterocycles. The van der Waals surface area contributed by atoms with Crippen LogP contribution in [0.15, 0.2) is 0 Å². The SMILES string of the molecule is CC[C@H](CC(=O)N1[C@@H]2C[C@H]3CC[C@]2(CS1(=O)=O)C3(C)C)C(=O)N1[C@@H]2C[C@H]3CC[C@]2(CS1(=O)=O)C3(C)C. The maximum absolute atomic E-state index is 13.8. The van der Waals surface area contributed by atoms with Crippen LogP contribution in [-0.4, -0.2) is 60.8 Å². The van der Waals surface area contributed by atoms with Crippen molar-refractivity contribution in [1.82, 2.24) is 8.61 Å². The maximum atomic E-state index is 13.8. The monoisotopic (exact) mass is 540 g/mol. The van der Waals surface area contributed by atoms with Gasteiger partial charge in [0.2, 0.25) is 31.9 Å². The van der Waals surface area contributed by atoms with Crippen molar-refractivity contribution in [1.29, 1.82) is 0 Å². The van der Waals surface area contributed by atoms with Crippen molar-refractivity contribution in [2.24, 2.45) is 39.4 Å². The normalized spacial score (nSPS) is 44.6. The Bertz CT molecular complexity index is 1260. The maximum Gasteiger partial charge on any atom is 0.239 e. The average molecular weight is 541 g/mol. The lowest BCUT2D eigenvalue weighted by atomic mass is 9.69. The van der Waals surface area contributed by atoms with Gasteiger partial charge in [-0.1, -0.05) is 34.6 Å². The van der Waals surface area contributed by atoms with E-state index in [4.69, 9.17) is 0 Å². The molecule has 2 aliphatic heterocycles. The molecule has 2 saturated heterocycles. The molecule has 0 aromatic carbocycles. The van der Waals surface area contributed by atoms with Crippen molar-refractivity contribution < 1.29 is 26.4 Å². The smallest absolute Gasteiger partial charge is 0.239 e. The molecular weight excluding hydrogens is 500 g/mol. The van der Waals surface area contributed by atoms with Crippen molar-refractivity contribution in [3.63, 3.8) is 0 Å². The summed E-state index contributed by atoms with van der Waals surface area (Å²) in [5.74, 6) is -1.14. The molecule has 2 heterocycles. The first-order valence-electron chi connectivity index (χ1n) is 13.7. The molecule has 2 spiro atoms. The van der Waals surface area contributed by atoms with Gasteiger partial charge in [0.15, 0.2) is 0 Å². The highest BCUT2D eigenvalue weighted by atomic mass is 32.2. The molecule has 7 atom stereocenters. The summed E-state index contributed by atoms with van der Waals surface area (Å²) in [7, 11) is -7.57. The summed E-state index contributed by atoms with van der Waals surface area (Å²) < 4.78 is 55.6. The van der Waals surface area contributed by atoms with Gasteiger partial charge < -0.3 is 0 Å². The Morgan fingerprint density at radius 2 is 1.25 bits per heavy atom. The van der Waals surface area contributed by atoms with E-state index in [-0.39, 0.29) is 40.8 Å². The van der Waals surface area contributed by atoms with E-state index in [0.717, 1.165) is 34.3 Å². The van der Waals surface area contributed by atoms with Gasteiger partial charge in [0.25, 0.3) is 0 Å². The number of rotatable bonds is 4. The first kappa shape index (κ1) is 25.1. The summed E-state index contributed by atoms with van der Waals surface area (Å²) >= 11 is 0. The van der Waals surface area contributed by atoms with Gasteiger partial charge in [-0.3, -0.25) is 9.59 Å². The number of hydrogen-bond donors (Lipinski definition) is 0. The molecule has 0 radical (unpaired) electrons.